The molecule has 2 aromatic rings. The molecule has 0 amide bonds. The second-order valence-corrected chi connectivity index (χ2v) is 10.0. The van der Waals surface area contributed by atoms with Crippen LogP contribution in [0.3, 0.4) is 0 Å². The summed E-state index contributed by atoms with van der Waals surface area (Å²) >= 11 is -1.08. The molecule has 10 heteroatoms. The number of anilines is 3. The Labute approximate surface area is 178 Å². The van der Waals surface area contributed by atoms with E-state index in [4.69, 9.17) is 15.7 Å². The third kappa shape index (κ3) is 3.57. The Morgan fingerprint density at radius 3 is 2.60 bits per heavy atom. The average molecular weight is 430 g/mol. The molecule has 9 nitrogen and oxygen atoms in total. The van der Waals surface area contributed by atoms with Crippen molar-refractivity contribution in [3.63, 3.8) is 0 Å². The zero-order chi connectivity index (χ0) is 20.7. The van der Waals surface area contributed by atoms with E-state index in [1.54, 1.807) is 12.4 Å². The third-order valence-corrected chi connectivity index (χ3v) is 7.97. The van der Waals surface area contributed by atoms with Gasteiger partial charge in [0.15, 0.2) is 5.82 Å². The van der Waals surface area contributed by atoms with Crippen LogP contribution in [0.2, 0.25) is 0 Å². The smallest absolute Gasteiger partial charge is 0.227 e. The Morgan fingerprint density at radius 1 is 1.23 bits per heavy atom. The van der Waals surface area contributed by atoms with E-state index in [1.807, 2.05) is 0 Å². The quantitative estimate of drug-likeness (QED) is 0.599. The highest BCUT2D eigenvalue weighted by Gasteiger charge is 2.41. The van der Waals surface area contributed by atoms with E-state index in [0.29, 0.717) is 35.5 Å². The van der Waals surface area contributed by atoms with Crippen LogP contribution in [-0.2, 0) is 17.6 Å². The van der Waals surface area contributed by atoms with Gasteiger partial charge in [-0.25, -0.2) is 15.0 Å². The molecule has 2 aliphatic heterocycles. The minimum absolute atomic E-state index is 0.0563. The third-order valence-electron chi connectivity index (χ3n) is 6.51. The van der Waals surface area contributed by atoms with Crippen LogP contribution in [0.4, 0.5) is 17.5 Å². The summed E-state index contributed by atoms with van der Waals surface area (Å²) in [4.78, 5) is 21.2. The fourth-order valence-corrected chi connectivity index (χ4v) is 5.79. The number of nitrogens with one attached hydrogen (secondary N) is 1. The fourth-order valence-electron chi connectivity index (χ4n) is 4.48. The molecule has 2 aromatic heterocycles. The molecule has 4 heterocycles. The Kier molecular flexibility index (Phi) is 5.16. The number of piperidine rings is 1. The van der Waals surface area contributed by atoms with Gasteiger partial charge in [0.2, 0.25) is 10.8 Å². The molecule has 3 aliphatic rings. The minimum Gasteiger partial charge on any atom is -0.611 e. The molecule has 0 spiro atoms. The molecule has 0 aromatic carbocycles. The first kappa shape index (κ1) is 19.8. The highest BCUT2D eigenvalue weighted by molar-refractivity contribution is 7.91. The van der Waals surface area contributed by atoms with Crippen molar-refractivity contribution in [2.45, 2.75) is 54.9 Å². The second kappa shape index (κ2) is 7.82. The van der Waals surface area contributed by atoms with Crippen LogP contribution in [0.5, 0.6) is 0 Å². The lowest BCUT2D eigenvalue weighted by Crippen LogP contribution is -2.49. The highest BCUT2D eigenvalue weighted by atomic mass is 32.2. The summed E-state index contributed by atoms with van der Waals surface area (Å²) in [5.74, 6) is 3.05. The molecular weight excluding hydrogens is 402 g/mol. The van der Waals surface area contributed by atoms with Crippen LogP contribution in [0, 0.1) is 0 Å². The summed E-state index contributed by atoms with van der Waals surface area (Å²) in [6.07, 6.45) is 8.74. The summed E-state index contributed by atoms with van der Waals surface area (Å²) in [7, 11) is 0. The summed E-state index contributed by atoms with van der Waals surface area (Å²) in [6, 6.07) is 0. The number of nitrogen functional groups attached to an aromatic ring is 1. The van der Waals surface area contributed by atoms with Gasteiger partial charge in [-0.3, -0.25) is 0 Å². The molecule has 1 saturated carbocycles. The number of nitrogens with two attached hydrogens (primary N) is 1. The van der Waals surface area contributed by atoms with Crippen LogP contribution in [0.1, 0.15) is 49.5 Å². The van der Waals surface area contributed by atoms with E-state index in [1.165, 1.54) is 0 Å². The predicted octanol–water partition coefficient (Wildman–Crippen LogP) is 1.22. The lowest BCUT2D eigenvalue weighted by atomic mass is 9.77. The Morgan fingerprint density at radius 2 is 1.97 bits per heavy atom. The molecule has 1 saturated heterocycles. The summed E-state index contributed by atoms with van der Waals surface area (Å²) in [6.45, 7) is 1.68. The lowest BCUT2D eigenvalue weighted by Gasteiger charge is -2.41. The average Bonchev–Trinajstić information content (AvgIpc) is 3.12. The van der Waals surface area contributed by atoms with Gasteiger partial charge in [-0.1, -0.05) is 0 Å². The zero-order valence-corrected chi connectivity index (χ0v) is 17.7. The first-order valence-electron chi connectivity index (χ1n) is 10.6. The highest BCUT2D eigenvalue weighted by Crippen LogP contribution is 2.39. The van der Waals surface area contributed by atoms with Gasteiger partial charge in [-0.2, -0.15) is 4.98 Å². The van der Waals surface area contributed by atoms with Crippen LogP contribution in [0.25, 0.3) is 0 Å². The monoisotopic (exact) mass is 429 g/mol. The SMILES string of the molecule is Nc1cnc(C2CCN(c3nc4c(c(NC5(CO)CCC5)n3)[S@+]([O-])CC4)CC2)nc1. The van der Waals surface area contributed by atoms with E-state index in [9.17, 15) is 9.66 Å². The van der Waals surface area contributed by atoms with Crippen molar-refractivity contribution in [3.05, 3.63) is 23.9 Å². The molecule has 5 rings (SSSR count). The molecule has 4 N–H and O–H groups in total. The van der Waals surface area contributed by atoms with E-state index in [2.05, 4.69) is 20.2 Å². The van der Waals surface area contributed by atoms with Crippen LogP contribution < -0.4 is 16.0 Å². The maximum Gasteiger partial charge on any atom is 0.227 e. The van der Waals surface area contributed by atoms with Crippen molar-refractivity contribution in [1.82, 2.24) is 19.9 Å². The van der Waals surface area contributed by atoms with Gasteiger partial charge in [-0.05, 0) is 43.3 Å². The first-order valence-corrected chi connectivity index (χ1v) is 11.9. The van der Waals surface area contributed by atoms with E-state index in [0.717, 1.165) is 61.6 Å². The molecule has 2 fully saturated rings. The molecule has 0 radical (unpaired) electrons. The van der Waals surface area contributed by atoms with Crippen molar-refractivity contribution in [2.24, 2.45) is 0 Å². The maximum absolute atomic E-state index is 12.6. The van der Waals surface area contributed by atoms with Gasteiger partial charge in [0.25, 0.3) is 0 Å². The normalized spacial score (nSPS) is 23.1. The van der Waals surface area contributed by atoms with Crippen molar-refractivity contribution in [3.8, 4) is 0 Å². The Hall–Kier alpha value is -2.17. The molecule has 1 atom stereocenters. The molecule has 1 aliphatic carbocycles. The number of aliphatic hydroxyl groups is 1. The Balaban J connectivity index is 1.36. The topological polar surface area (TPSA) is 136 Å². The number of hydrogen-bond donors (Lipinski definition) is 3. The van der Waals surface area contributed by atoms with Gasteiger partial charge in [0, 0.05) is 25.4 Å². The number of fused-ring (bicyclic) bond motifs is 1. The van der Waals surface area contributed by atoms with Crippen molar-refractivity contribution < 1.29 is 9.66 Å². The number of nitrogens with zero attached hydrogens (tertiary/aromatic N) is 5. The standard InChI is InChI=1S/C20H27N7O2S/c21-14-10-22-17(23-11-14)13-2-7-27(8-3-13)19-24-15-4-9-30(29)16(15)18(25-19)26-20(12-28)5-1-6-20/h10-11,13,28H,1-9,12,21H2,(H,24,25,26)/t30-/m1/s1. The first-order chi connectivity index (χ1) is 14.6. The lowest BCUT2D eigenvalue weighted by molar-refractivity contribution is 0.143. The number of hydrogen-bond acceptors (Lipinski definition) is 9. The van der Waals surface area contributed by atoms with Crippen molar-refractivity contribution >= 4 is 28.6 Å². The number of aromatic nitrogens is 4. The number of aryl methyl sites for hydroxylation is 1. The molecule has 160 valence electrons. The molecule has 0 bridgehead atoms. The number of aliphatic hydroxyl groups excluding tert-OH is 1. The Bertz CT molecular complexity index is 909. The van der Waals surface area contributed by atoms with Crippen LogP contribution in [-0.4, -0.2) is 60.6 Å². The number of rotatable bonds is 5. The van der Waals surface area contributed by atoms with Gasteiger partial charge in [-0.15, -0.1) is 0 Å². The van der Waals surface area contributed by atoms with E-state index in [-0.39, 0.29) is 12.1 Å². The van der Waals surface area contributed by atoms with Crippen molar-refractivity contribution in [1.29, 1.82) is 0 Å². The van der Waals surface area contributed by atoms with Crippen LogP contribution in [0.15, 0.2) is 17.3 Å². The van der Waals surface area contributed by atoms with Gasteiger partial charge >= 0.3 is 0 Å². The predicted molar refractivity (Wildman–Crippen MR) is 115 cm³/mol. The zero-order valence-electron chi connectivity index (χ0n) is 16.9. The maximum atomic E-state index is 12.6. The van der Waals surface area contributed by atoms with Gasteiger partial charge < -0.3 is 25.6 Å². The fraction of sp³-hybridized carbons (Fsp3) is 0.600. The second-order valence-electron chi connectivity index (χ2n) is 8.50. The van der Waals surface area contributed by atoms with Crippen LogP contribution >= 0.6 is 0 Å². The summed E-state index contributed by atoms with van der Waals surface area (Å²) in [5.41, 5.74) is 6.80. The molecule has 0 unspecified atom stereocenters. The molecule has 30 heavy (non-hydrogen) atoms. The summed E-state index contributed by atoms with van der Waals surface area (Å²) < 4.78 is 12.6. The summed E-state index contributed by atoms with van der Waals surface area (Å²) in [5, 5.41) is 13.3. The van der Waals surface area contributed by atoms with Crippen molar-refractivity contribution in [2.75, 3.05) is 41.4 Å². The van der Waals surface area contributed by atoms with Gasteiger partial charge in [0.1, 0.15) is 17.3 Å². The molecular formula is C20H27N7O2S. The van der Waals surface area contributed by atoms with E-state index < -0.39 is 11.2 Å². The van der Waals surface area contributed by atoms with E-state index >= 15 is 0 Å². The minimum atomic E-state index is -1.08. The largest absolute Gasteiger partial charge is 0.611 e. The van der Waals surface area contributed by atoms with Gasteiger partial charge in [0.05, 0.1) is 30.2 Å².